The fraction of sp³-hybridized carbons (Fsp3) is 0.800. The Morgan fingerprint density at radius 1 is 1.44 bits per heavy atom. The average Bonchev–Trinajstić information content (AvgIpc) is 2.83. The number of nitrogens with zero attached hydrogens (tertiary/aromatic N) is 2. The van der Waals surface area contributed by atoms with Gasteiger partial charge in [0.15, 0.2) is 0 Å². The number of aromatic nitrogens is 2. The lowest BCUT2D eigenvalue weighted by Gasteiger charge is -2.39. The fourth-order valence-electron chi connectivity index (χ4n) is 3.27. The number of aryl methyl sites for hydroxylation is 2. The molecule has 1 fully saturated rings. The lowest BCUT2D eigenvalue weighted by atomic mass is 9.67. The maximum absolute atomic E-state index is 6.08. The second-order valence-electron chi connectivity index (χ2n) is 6.01. The third kappa shape index (κ3) is 2.94. The molecule has 1 aromatic rings. The van der Waals surface area contributed by atoms with Crippen molar-refractivity contribution in [1.29, 1.82) is 0 Å². The zero-order valence-corrected chi connectivity index (χ0v) is 11.9. The maximum Gasteiger partial charge on any atom is 0.108 e. The Morgan fingerprint density at radius 3 is 2.67 bits per heavy atom. The van der Waals surface area contributed by atoms with Gasteiger partial charge in [-0.3, -0.25) is 0 Å². The van der Waals surface area contributed by atoms with E-state index in [1.54, 1.807) is 0 Å². The molecule has 1 aliphatic carbocycles. The molecule has 0 bridgehead atoms. The van der Waals surface area contributed by atoms with E-state index < -0.39 is 0 Å². The molecular formula is C15H27N3. The Hall–Kier alpha value is -0.830. The van der Waals surface area contributed by atoms with Crippen LogP contribution >= 0.6 is 0 Å². The molecule has 1 aliphatic rings. The van der Waals surface area contributed by atoms with E-state index in [0.29, 0.717) is 5.41 Å². The van der Waals surface area contributed by atoms with Crippen LogP contribution in [-0.4, -0.2) is 16.1 Å². The molecule has 18 heavy (non-hydrogen) atoms. The van der Waals surface area contributed by atoms with E-state index in [1.165, 1.54) is 44.3 Å². The fourth-order valence-corrected chi connectivity index (χ4v) is 3.27. The Bertz CT molecular complexity index is 362. The third-order valence-electron chi connectivity index (χ3n) is 4.98. The van der Waals surface area contributed by atoms with Crippen LogP contribution in [0.4, 0.5) is 0 Å². The van der Waals surface area contributed by atoms with Gasteiger partial charge in [0.2, 0.25) is 0 Å². The predicted octanol–water partition coefficient (Wildman–Crippen LogP) is 2.90. The molecule has 0 aliphatic heterocycles. The standard InChI is InChI=1S/C15H27N3/c1-3-13-4-7-15(12-16,8-5-13)9-6-14-17-10-11-18(14)2/h10-11,13H,3-9,12,16H2,1-2H3. The van der Waals surface area contributed by atoms with Gasteiger partial charge in [0.05, 0.1) is 0 Å². The molecule has 1 saturated carbocycles. The van der Waals surface area contributed by atoms with Crippen molar-refractivity contribution in [3.05, 3.63) is 18.2 Å². The minimum atomic E-state index is 0.387. The summed E-state index contributed by atoms with van der Waals surface area (Å²) in [5, 5.41) is 0. The molecule has 1 aromatic heterocycles. The largest absolute Gasteiger partial charge is 0.338 e. The minimum Gasteiger partial charge on any atom is -0.338 e. The summed E-state index contributed by atoms with van der Waals surface area (Å²) >= 11 is 0. The summed E-state index contributed by atoms with van der Waals surface area (Å²) in [6, 6.07) is 0. The zero-order valence-electron chi connectivity index (χ0n) is 11.9. The number of hydrogen-bond donors (Lipinski definition) is 1. The second kappa shape index (κ2) is 5.87. The van der Waals surface area contributed by atoms with Crippen molar-refractivity contribution in [2.45, 2.75) is 51.9 Å². The van der Waals surface area contributed by atoms with Crippen molar-refractivity contribution in [2.75, 3.05) is 6.54 Å². The van der Waals surface area contributed by atoms with Crippen LogP contribution in [0.3, 0.4) is 0 Å². The molecular weight excluding hydrogens is 222 g/mol. The van der Waals surface area contributed by atoms with Crippen molar-refractivity contribution in [2.24, 2.45) is 24.1 Å². The molecule has 2 rings (SSSR count). The Balaban J connectivity index is 1.91. The molecule has 0 aromatic carbocycles. The van der Waals surface area contributed by atoms with Crippen LogP contribution < -0.4 is 5.73 Å². The highest BCUT2D eigenvalue weighted by molar-refractivity contribution is 4.95. The van der Waals surface area contributed by atoms with Crippen LogP contribution in [0.5, 0.6) is 0 Å². The number of hydrogen-bond acceptors (Lipinski definition) is 2. The van der Waals surface area contributed by atoms with Crippen molar-refractivity contribution in [3.8, 4) is 0 Å². The van der Waals surface area contributed by atoms with Crippen molar-refractivity contribution in [3.63, 3.8) is 0 Å². The van der Waals surface area contributed by atoms with E-state index >= 15 is 0 Å². The Labute approximate surface area is 111 Å². The lowest BCUT2D eigenvalue weighted by molar-refractivity contribution is 0.141. The molecule has 102 valence electrons. The number of rotatable bonds is 5. The number of imidazole rings is 1. The first-order valence-corrected chi connectivity index (χ1v) is 7.35. The van der Waals surface area contributed by atoms with E-state index in [9.17, 15) is 0 Å². The first-order chi connectivity index (χ1) is 8.69. The van der Waals surface area contributed by atoms with Gasteiger partial charge >= 0.3 is 0 Å². The topological polar surface area (TPSA) is 43.8 Å². The maximum atomic E-state index is 6.08. The summed E-state index contributed by atoms with van der Waals surface area (Å²) in [4.78, 5) is 4.42. The summed E-state index contributed by atoms with van der Waals surface area (Å²) in [6.07, 6.45) is 12.9. The highest BCUT2D eigenvalue weighted by atomic mass is 15.0. The van der Waals surface area contributed by atoms with Gasteiger partial charge in [-0.25, -0.2) is 4.98 Å². The molecule has 0 radical (unpaired) electrons. The molecule has 3 nitrogen and oxygen atoms in total. The molecule has 0 amide bonds. The SMILES string of the molecule is CCC1CCC(CN)(CCc2nccn2C)CC1. The van der Waals surface area contributed by atoms with Crippen LogP contribution in [0, 0.1) is 11.3 Å². The lowest BCUT2D eigenvalue weighted by Crippen LogP contribution is -2.35. The van der Waals surface area contributed by atoms with Gasteiger partial charge in [0.1, 0.15) is 5.82 Å². The van der Waals surface area contributed by atoms with Gasteiger partial charge in [-0.2, -0.15) is 0 Å². The molecule has 3 heteroatoms. The average molecular weight is 249 g/mol. The quantitative estimate of drug-likeness (QED) is 0.872. The van der Waals surface area contributed by atoms with Crippen LogP contribution in [0.15, 0.2) is 12.4 Å². The van der Waals surface area contributed by atoms with E-state index in [-0.39, 0.29) is 0 Å². The van der Waals surface area contributed by atoms with E-state index in [4.69, 9.17) is 5.73 Å². The summed E-state index contributed by atoms with van der Waals surface area (Å²) < 4.78 is 2.13. The van der Waals surface area contributed by atoms with Gasteiger partial charge in [-0.05, 0) is 50.0 Å². The predicted molar refractivity (Wildman–Crippen MR) is 75.3 cm³/mol. The van der Waals surface area contributed by atoms with Crippen LogP contribution in [0.25, 0.3) is 0 Å². The van der Waals surface area contributed by atoms with Crippen LogP contribution in [0.1, 0.15) is 51.3 Å². The third-order valence-corrected chi connectivity index (χ3v) is 4.98. The molecule has 0 saturated heterocycles. The smallest absolute Gasteiger partial charge is 0.108 e. The molecule has 0 atom stereocenters. The van der Waals surface area contributed by atoms with Gasteiger partial charge in [-0.15, -0.1) is 0 Å². The van der Waals surface area contributed by atoms with E-state index in [1.807, 2.05) is 12.4 Å². The van der Waals surface area contributed by atoms with Gasteiger partial charge in [0.25, 0.3) is 0 Å². The van der Waals surface area contributed by atoms with E-state index in [2.05, 4.69) is 23.5 Å². The summed E-state index contributed by atoms with van der Waals surface area (Å²) in [5.74, 6) is 2.14. The minimum absolute atomic E-state index is 0.387. The van der Waals surface area contributed by atoms with Crippen molar-refractivity contribution in [1.82, 2.24) is 9.55 Å². The highest BCUT2D eigenvalue weighted by Crippen LogP contribution is 2.42. The zero-order chi connectivity index (χ0) is 13.0. The van der Waals surface area contributed by atoms with Crippen LogP contribution in [0.2, 0.25) is 0 Å². The van der Waals surface area contributed by atoms with Crippen molar-refractivity contribution < 1.29 is 0 Å². The number of nitrogens with two attached hydrogens (primary N) is 1. The molecule has 1 heterocycles. The van der Waals surface area contributed by atoms with Crippen molar-refractivity contribution >= 4 is 0 Å². The summed E-state index contributed by atoms with van der Waals surface area (Å²) in [6.45, 7) is 3.15. The normalized spacial score (nSPS) is 28.5. The Kier molecular flexibility index (Phi) is 4.44. The van der Waals surface area contributed by atoms with Gasteiger partial charge in [0, 0.05) is 25.9 Å². The van der Waals surface area contributed by atoms with E-state index in [0.717, 1.165) is 18.9 Å². The molecule has 2 N–H and O–H groups in total. The second-order valence-corrected chi connectivity index (χ2v) is 6.01. The molecule has 0 unspecified atom stereocenters. The molecule has 0 spiro atoms. The first kappa shape index (κ1) is 13.6. The highest BCUT2D eigenvalue weighted by Gasteiger charge is 2.33. The summed E-state index contributed by atoms with van der Waals surface area (Å²) in [7, 11) is 2.07. The monoisotopic (exact) mass is 249 g/mol. The first-order valence-electron chi connectivity index (χ1n) is 7.35. The summed E-state index contributed by atoms with van der Waals surface area (Å²) in [5.41, 5.74) is 6.46. The van der Waals surface area contributed by atoms with Crippen LogP contribution in [-0.2, 0) is 13.5 Å². The van der Waals surface area contributed by atoms with Gasteiger partial charge < -0.3 is 10.3 Å². The Morgan fingerprint density at radius 2 is 2.17 bits per heavy atom. The van der Waals surface area contributed by atoms with Gasteiger partial charge in [-0.1, -0.05) is 13.3 Å².